The monoisotopic (exact) mass is 180 g/mol. The normalized spacial score (nSPS) is 11.7. The number of rotatable bonds is 4. The number of hydrogen-bond acceptors (Lipinski definition) is 2. The van der Waals surface area contributed by atoms with Crippen molar-refractivity contribution in [3.05, 3.63) is 24.0 Å². The summed E-state index contributed by atoms with van der Waals surface area (Å²) in [4.78, 5) is 0. The standard InChI is InChI=1S/C10H16N2O/c1-9(2)12-8-10(7-11-12)5-3-4-6-13/h3,5,7-9,13H,4,6H2,1-2H3. The molecule has 0 unspecified atom stereocenters. The second-order valence-electron chi connectivity index (χ2n) is 3.26. The van der Waals surface area contributed by atoms with E-state index in [-0.39, 0.29) is 6.61 Å². The lowest BCUT2D eigenvalue weighted by molar-refractivity contribution is 0.303. The molecule has 0 bridgehead atoms. The minimum absolute atomic E-state index is 0.203. The minimum Gasteiger partial charge on any atom is -0.396 e. The molecule has 1 aromatic rings. The molecule has 1 aromatic heterocycles. The van der Waals surface area contributed by atoms with E-state index in [2.05, 4.69) is 18.9 Å². The van der Waals surface area contributed by atoms with E-state index in [0.29, 0.717) is 12.5 Å². The molecule has 0 fully saturated rings. The maximum Gasteiger partial charge on any atom is 0.0562 e. The van der Waals surface area contributed by atoms with Gasteiger partial charge in [0.2, 0.25) is 0 Å². The summed E-state index contributed by atoms with van der Waals surface area (Å²) in [5, 5.41) is 12.8. The quantitative estimate of drug-likeness (QED) is 0.768. The van der Waals surface area contributed by atoms with Crippen molar-refractivity contribution in [3.63, 3.8) is 0 Å². The first-order valence-corrected chi connectivity index (χ1v) is 4.55. The molecule has 0 saturated heterocycles. The lowest BCUT2D eigenvalue weighted by Crippen LogP contribution is -1.99. The molecule has 1 rings (SSSR count). The first-order valence-electron chi connectivity index (χ1n) is 4.55. The fourth-order valence-corrected chi connectivity index (χ4v) is 1.02. The molecular formula is C10H16N2O. The highest BCUT2D eigenvalue weighted by Gasteiger charge is 1.97. The molecule has 0 aliphatic heterocycles. The van der Waals surface area contributed by atoms with Gasteiger partial charge in [0.1, 0.15) is 0 Å². The van der Waals surface area contributed by atoms with Gasteiger partial charge in [-0.25, -0.2) is 0 Å². The third-order valence-corrected chi connectivity index (χ3v) is 1.76. The van der Waals surface area contributed by atoms with Crippen LogP contribution in [0.15, 0.2) is 18.5 Å². The van der Waals surface area contributed by atoms with Crippen LogP contribution in [0.5, 0.6) is 0 Å². The third-order valence-electron chi connectivity index (χ3n) is 1.76. The number of hydrogen-bond donors (Lipinski definition) is 1. The van der Waals surface area contributed by atoms with Crippen LogP contribution in [0.1, 0.15) is 31.9 Å². The van der Waals surface area contributed by atoms with Gasteiger partial charge in [-0.1, -0.05) is 12.2 Å². The second kappa shape index (κ2) is 4.82. The Labute approximate surface area is 78.7 Å². The fraction of sp³-hybridized carbons (Fsp3) is 0.500. The van der Waals surface area contributed by atoms with E-state index in [0.717, 1.165) is 5.56 Å². The molecule has 0 amide bonds. The van der Waals surface area contributed by atoms with Crippen LogP contribution < -0.4 is 0 Å². The van der Waals surface area contributed by atoms with Gasteiger partial charge in [-0.3, -0.25) is 4.68 Å². The lowest BCUT2D eigenvalue weighted by Gasteiger charge is -2.02. The Balaban J connectivity index is 2.58. The Hall–Kier alpha value is -1.09. The van der Waals surface area contributed by atoms with Gasteiger partial charge in [0.25, 0.3) is 0 Å². The SMILES string of the molecule is CC(C)n1cc(C=CCCO)cn1. The van der Waals surface area contributed by atoms with Gasteiger partial charge in [-0.15, -0.1) is 0 Å². The summed E-state index contributed by atoms with van der Waals surface area (Å²) in [7, 11) is 0. The van der Waals surface area contributed by atoms with Gasteiger partial charge in [0.15, 0.2) is 0 Å². The summed E-state index contributed by atoms with van der Waals surface area (Å²) in [5.41, 5.74) is 1.09. The van der Waals surface area contributed by atoms with Gasteiger partial charge >= 0.3 is 0 Å². The molecular weight excluding hydrogens is 164 g/mol. The topological polar surface area (TPSA) is 38.0 Å². The summed E-state index contributed by atoms with van der Waals surface area (Å²) in [5.74, 6) is 0. The zero-order valence-electron chi connectivity index (χ0n) is 8.14. The molecule has 3 nitrogen and oxygen atoms in total. The first-order chi connectivity index (χ1) is 6.24. The van der Waals surface area contributed by atoms with Crippen molar-refractivity contribution < 1.29 is 5.11 Å². The molecule has 0 aromatic carbocycles. The molecule has 0 aliphatic rings. The van der Waals surface area contributed by atoms with Crippen molar-refractivity contribution in [1.82, 2.24) is 9.78 Å². The van der Waals surface area contributed by atoms with E-state index in [1.165, 1.54) is 0 Å². The molecule has 0 radical (unpaired) electrons. The van der Waals surface area contributed by atoms with Crippen molar-refractivity contribution in [2.75, 3.05) is 6.61 Å². The zero-order valence-corrected chi connectivity index (χ0v) is 8.14. The Kier molecular flexibility index (Phi) is 3.71. The number of aliphatic hydroxyl groups excluding tert-OH is 1. The van der Waals surface area contributed by atoms with Crippen molar-refractivity contribution >= 4 is 6.08 Å². The van der Waals surface area contributed by atoms with E-state index in [4.69, 9.17) is 5.11 Å². The van der Waals surface area contributed by atoms with E-state index < -0.39 is 0 Å². The predicted molar refractivity (Wildman–Crippen MR) is 53.3 cm³/mol. The predicted octanol–water partition coefficient (Wildman–Crippen LogP) is 1.86. The van der Waals surface area contributed by atoms with Crippen molar-refractivity contribution in [3.8, 4) is 0 Å². The van der Waals surface area contributed by atoms with Crippen LogP contribution >= 0.6 is 0 Å². The van der Waals surface area contributed by atoms with Crippen LogP contribution in [0, 0.1) is 0 Å². The van der Waals surface area contributed by atoms with Gasteiger partial charge in [-0.2, -0.15) is 5.10 Å². The maximum atomic E-state index is 8.57. The highest BCUT2D eigenvalue weighted by molar-refractivity contribution is 5.46. The molecule has 0 atom stereocenters. The van der Waals surface area contributed by atoms with Gasteiger partial charge in [-0.05, 0) is 20.3 Å². The molecule has 0 aliphatic carbocycles. The Morgan fingerprint density at radius 3 is 2.92 bits per heavy atom. The maximum absolute atomic E-state index is 8.57. The summed E-state index contributed by atoms with van der Waals surface area (Å²) >= 11 is 0. The third kappa shape index (κ3) is 3.03. The van der Waals surface area contributed by atoms with Crippen LogP contribution in [-0.2, 0) is 0 Å². The van der Waals surface area contributed by atoms with Crippen LogP contribution in [-0.4, -0.2) is 21.5 Å². The van der Waals surface area contributed by atoms with Crippen molar-refractivity contribution in [2.24, 2.45) is 0 Å². The molecule has 0 saturated carbocycles. The fourth-order valence-electron chi connectivity index (χ4n) is 1.02. The van der Waals surface area contributed by atoms with Crippen LogP contribution in [0.4, 0.5) is 0 Å². The molecule has 72 valence electrons. The van der Waals surface area contributed by atoms with Gasteiger partial charge in [0, 0.05) is 24.4 Å². The second-order valence-corrected chi connectivity index (χ2v) is 3.26. The Morgan fingerprint density at radius 1 is 1.62 bits per heavy atom. The van der Waals surface area contributed by atoms with Crippen molar-refractivity contribution in [1.29, 1.82) is 0 Å². The van der Waals surface area contributed by atoms with E-state index in [1.54, 1.807) is 0 Å². The molecule has 1 heterocycles. The Bertz CT molecular complexity index is 276. The molecule has 1 N–H and O–H groups in total. The molecule has 0 spiro atoms. The summed E-state index contributed by atoms with van der Waals surface area (Å²) in [6, 6.07) is 0.403. The number of aromatic nitrogens is 2. The van der Waals surface area contributed by atoms with Crippen LogP contribution in [0.2, 0.25) is 0 Å². The Morgan fingerprint density at radius 2 is 2.38 bits per heavy atom. The highest BCUT2D eigenvalue weighted by Crippen LogP contribution is 2.06. The average Bonchev–Trinajstić information content (AvgIpc) is 2.53. The van der Waals surface area contributed by atoms with Crippen molar-refractivity contribution in [2.45, 2.75) is 26.3 Å². The zero-order chi connectivity index (χ0) is 9.68. The first kappa shape index (κ1) is 9.99. The van der Waals surface area contributed by atoms with E-state index in [9.17, 15) is 0 Å². The lowest BCUT2D eigenvalue weighted by atomic mass is 10.3. The van der Waals surface area contributed by atoms with Gasteiger partial charge < -0.3 is 5.11 Å². The van der Waals surface area contributed by atoms with Gasteiger partial charge in [0.05, 0.1) is 6.20 Å². The van der Waals surface area contributed by atoms with E-state index in [1.807, 2.05) is 29.2 Å². The minimum atomic E-state index is 0.203. The summed E-state index contributed by atoms with van der Waals surface area (Å²) in [6.45, 7) is 4.39. The highest BCUT2D eigenvalue weighted by atomic mass is 16.2. The average molecular weight is 180 g/mol. The van der Waals surface area contributed by atoms with E-state index >= 15 is 0 Å². The summed E-state index contributed by atoms with van der Waals surface area (Å²) in [6.07, 6.45) is 8.45. The molecule has 3 heteroatoms. The number of aliphatic hydroxyl groups is 1. The smallest absolute Gasteiger partial charge is 0.0562 e. The summed E-state index contributed by atoms with van der Waals surface area (Å²) < 4.78 is 1.92. The molecule has 13 heavy (non-hydrogen) atoms. The number of nitrogens with zero attached hydrogens (tertiary/aromatic N) is 2. The van der Waals surface area contributed by atoms with Crippen LogP contribution in [0.3, 0.4) is 0 Å². The van der Waals surface area contributed by atoms with Crippen LogP contribution in [0.25, 0.3) is 6.08 Å². The largest absolute Gasteiger partial charge is 0.396 e.